The lowest BCUT2D eigenvalue weighted by atomic mass is 9.83. The zero-order chi connectivity index (χ0) is 23.3. The van der Waals surface area contributed by atoms with Gasteiger partial charge in [0, 0.05) is 5.56 Å². The summed E-state index contributed by atoms with van der Waals surface area (Å²) in [6, 6.07) is 22.9. The molecule has 0 spiro atoms. The summed E-state index contributed by atoms with van der Waals surface area (Å²) in [5.41, 5.74) is 5.25. The maximum absolute atomic E-state index is 13.6. The Morgan fingerprint density at radius 3 is 1.81 bits per heavy atom. The lowest BCUT2D eigenvalue weighted by molar-refractivity contribution is 0.0958. The molecule has 0 saturated heterocycles. The highest BCUT2D eigenvalue weighted by atomic mass is 19.1. The van der Waals surface area contributed by atoms with Crippen LogP contribution >= 0.6 is 0 Å². The van der Waals surface area contributed by atoms with E-state index in [9.17, 15) is 9.18 Å². The smallest absolute Gasteiger partial charge is 0.170 e. The maximum atomic E-state index is 13.6. The van der Waals surface area contributed by atoms with Crippen molar-refractivity contribution in [1.82, 2.24) is 0 Å². The van der Waals surface area contributed by atoms with Gasteiger partial charge in [0.15, 0.2) is 5.78 Å². The molecule has 0 aliphatic heterocycles. The lowest BCUT2D eigenvalue weighted by Gasteiger charge is -2.21. The number of rotatable bonds is 8. The van der Waals surface area contributed by atoms with Crippen molar-refractivity contribution in [3.63, 3.8) is 0 Å². The number of benzene rings is 3. The quantitative estimate of drug-likeness (QED) is 0.329. The van der Waals surface area contributed by atoms with Gasteiger partial charge in [-0.1, -0.05) is 95.3 Å². The van der Waals surface area contributed by atoms with E-state index in [1.165, 1.54) is 23.3 Å². The van der Waals surface area contributed by atoms with Gasteiger partial charge in [0.05, 0.1) is 5.92 Å². The minimum absolute atomic E-state index is 0.0362. The molecule has 0 amide bonds. The Morgan fingerprint density at radius 2 is 1.31 bits per heavy atom. The zero-order valence-electron chi connectivity index (χ0n) is 20.0. The molecule has 1 atom stereocenters. The summed E-state index contributed by atoms with van der Waals surface area (Å²) in [5.74, 6) is 0.000124. The molecule has 3 aromatic carbocycles. The van der Waals surface area contributed by atoms with Crippen LogP contribution in [0.1, 0.15) is 91.9 Å². The monoisotopic (exact) mass is 430 g/mol. The molecule has 3 rings (SSSR count). The summed E-state index contributed by atoms with van der Waals surface area (Å²) in [5, 5.41) is 0. The predicted molar refractivity (Wildman–Crippen MR) is 132 cm³/mol. The number of hydrogen-bond donors (Lipinski definition) is 0. The number of ketones is 1. The highest BCUT2D eigenvalue weighted by molar-refractivity contribution is 6.01. The highest BCUT2D eigenvalue weighted by Crippen LogP contribution is 2.29. The van der Waals surface area contributed by atoms with Gasteiger partial charge in [-0.3, -0.25) is 4.79 Å². The molecule has 1 nitrogen and oxygen atoms in total. The van der Waals surface area contributed by atoms with E-state index in [1.807, 2.05) is 24.3 Å². The molecule has 0 N–H and O–H groups in total. The first-order valence-electron chi connectivity index (χ1n) is 11.7. The van der Waals surface area contributed by atoms with Gasteiger partial charge in [-0.2, -0.15) is 0 Å². The third-order valence-electron chi connectivity index (χ3n) is 6.50. The van der Waals surface area contributed by atoms with E-state index in [0.29, 0.717) is 17.9 Å². The average molecular weight is 431 g/mol. The molecule has 0 aromatic heterocycles. The molecule has 0 aliphatic carbocycles. The van der Waals surface area contributed by atoms with E-state index in [2.05, 4.69) is 58.9 Å². The third kappa shape index (κ3) is 5.73. The first-order chi connectivity index (χ1) is 15.2. The van der Waals surface area contributed by atoms with Gasteiger partial charge in [-0.25, -0.2) is 4.39 Å². The number of carbonyl (C=O) groups is 1. The first kappa shape index (κ1) is 23.9. The van der Waals surface area contributed by atoms with Crippen LogP contribution in [0.4, 0.5) is 4.39 Å². The molecule has 0 heterocycles. The first-order valence-corrected chi connectivity index (χ1v) is 11.7. The van der Waals surface area contributed by atoms with Crippen molar-refractivity contribution < 1.29 is 9.18 Å². The van der Waals surface area contributed by atoms with E-state index in [0.717, 1.165) is 24.0 Å². The van der Waals surface area contributed by atoms with Crippen LogP contribution in [0, 0.1) is 5.82 Å². The molecule has 0 radical (unpaired) electrons. The van der Waals surface area contributed by atoms with E-state index in [1.54, 1.807) is 12.1 Å². The van der Waals surface area contributed by atoms with E-state index in [4.69, 9.17) is 0 Å². The topological polar surface area (TPSA) is 17.1 Å². The second kappa shape index (κ2) is 10.3. The van der Waals surface area contributed by atoms with Crippen LogP contribution in [0.25, 0.3) is 0 Å². The summed E-state index contributed by atoms with van der Waals surface area (Å²) in [6.07, 6.45) is 2.84. The van der Waals surface area contributed by atoms with Gasteiger partial charge >= 0.3 is 0 Å². The van der Waals surface area contributed by atoms with Crippen LogP contribution in [0.5, 0.6) is 0 Å². The van der Waals surface area contributed by atoms with Crippen molar-refractivity contribution in [2.45, 2.75) is 71.1 Å². The molecule has 0 bridgehead atoms. The Morgan fingerprint density at radius 1 is 0.781 bits per heavy atom. The Kier molecular flexibility index (Phi) is 7.66. The molecule has 0 aliphatic rings. The Labute approximate surface area is 192 Å². The Balaban J connectivity index is 1.90. The fourth-order valence-electron chi connectivity index (χ4n) is 4.31. The maximum Gasteiger partial charge on any atom is 0.170 e. The number of halogens is 1. The molecule has 1 unspecified atom stereocenters. The summed E-state index contributed by atoms with van der Waals surface area (Å²) in [6.45, 7) is 10.9. The molecule has 32 heavy (non-hydrogen) atoms. The van der Waals surface area contributed by atoms with Gasteiger partial charge in [0.2, 0.25) is 0 Å². The van der Waals surface area contributed by atoms with Crippen molar-refractivity contribution in [1.29, 1.82) is 0 Å². The molecule has 0 saturated carbocycles. The van der Waals surface area contributed by atoms with Crippen LogP contribution < -0.4 is 0 Å². The number of hydrogen-bond acceptors (Lipinski definition) is 1. The summed E-state index contributed by atoms with van der Waals surface area (Å²) in [4.78, 5) is 13.6. The Bertz CT molecular complexity index is 1000. The van der Waals surface area contributed by atoms with Crippen LogP contribution in [0.15, 0.2) is 72.8 Å². The van der Waals surface area contributed by atoms with Gasteiger partial charge in [0.1, 0.15) is 5.82 Å². The largest absolute Gasteiger partial charge is 0.293 e. The number of carbonyl (C=O) groups excluding carboxylic acids is 1. The normalized spacial score (nSPS) is 12.7. The molecule has 168 valence electrons. The third-order valence-corrected chi connectivity index (χ3v) is 6.50. The van der Waals surface area contributed by atoms with Crippen LogP contribution in [-0.4, -0.2) is 5.78 Å². The van der Waals surface area contributed by atoms with Gasteiger partial charge < -0.3 is 0 Å². The lowest BCUT2D eigenvalue weighted by Crippen LogP contribution is -2.17. The Hall–Kier alpha value is -2.74. The van der Waals surface area contributed by atoms with Crippen LogP contribution in [0.2, 0.25) is 0 Å². The second-order valence-electron chi connectivity index (χ2n) is 9.75. The number of Topliss-reactive ketones (excluding diaryl/α,β-unsaturated/α-hetero) is 1. The molecule has 3 aromatic rings. The average Bonchev–Trinajstić information content (AvgIpc) is 2.79. The highest BCUT2D eigenvalue weighted by Gasteiger charge is 2.24. The van der Waals surface area contributed by atoms with Crippen molar-refractivity contribution in [3.05, 3.63) is 106 Å². The predicted octanol–water partition coefficient (Wildman–Crippen LogP) is 8.24. The molecule has 2 heteroatoms. The van der Waals surface area contributed by atoms with Crippen LogP contribution in [-0.2, 0) is 11.8 Å². The van der Waals surface area contributed by atoms with Crippen molar-refractivity contribution >= 4 is 5.78 Å². The fourth-order valence-corrected chi connectivity index (χ4v) is 4.31. The van der Waals surface area contributed by atoms with Crippen molar-refractivity contribution in [2.75, 3.05) is 0 Å². The minimum Gasteiger partial charge on any atom is -0.293 e. The summed E-state index contributed by atoms with van der Waals surface area (Å²) in [7, 11) is 0. The van der Waals surface area contributed by atoms with Crippen molar-refractivity contribution in [2.24, 2.45) is 0 Å². The SMILES string of the molecule is CCC(CC)c1ccc(CC(C(=O)c2ccc(C(C)(C)C)cc2)c2ccc(F)cc2)cc1. The standard InChI is InChI=1S/C30H35FO/c1-6-22(7-2)23-10-8-21(9-11-23)20-28(24-14-18-27(31)19-15-24)29(32)25-12-16-26(17-13-25)30(3,4)5/h8-19,22,28H,6-7,20H2,1-5H3. The van der Waals surface area contributed by atoms with Crippen LogP contribution in [0.3, 0.4) is 0 Å². The minimum atomic E-state index is -0.352. The summed E-state index contributed by atoms with van der Waals surface area (Å²) >= 11 is 0. The van der Waals surface area contributed by atoms with E-state index in [-0.39, 0.29) is 22.9 Å². The second-order valence-corrected chi connectivity index (χ2v) is 9.75. The summed E-state index contributed by atoms with van der Waals surface area (Å²) < 4.78 is 13.6. The van der Waals surface area contributed by atoms with Gasteiger partial charge in [0.25, 0.3) is 0 Å². The fraction of sp³-hybridized carbons (Fsp3) is 0.367. The molecular weight excluding hydrogens is 395 g/mol. The zero-order valence-corrected chi connectivity index (χ0v) is 20.0. The molecular formula is C30H35FO. The van der Waals surface area contributed by atoms with Gasteiger partial charge in [-0.15, -0.1) is 0 Å². The van der Waals surface area contributed by atoms with E-state index >= 15 is 0 Å². The van der Waals surface area contributed by atoms with Crippen molar-refractivity contribution in [3.8, 4) is 0 Å². The van der Waals surface area contributed by atoms with Gasteiger partial charge in [-0.05, 0) is 65.0 Å². The van der Waals surface area contributed by atoms with E-state index < -0.39 is 0 Å². The molecule has 0 fully saturated rings.